The van der Waals surface area contributed by atoms with E-state index in [0.717, 1.165) is 12.5 Å². The first-order valence-corrected chi connectivity index (χ1v) is 6.86. The molecule has 1 aromatic heterocycles. The van der Waals surface area contributed by atoms with E-state index < -0.39 is 0 Å². The smallest absolute Gasteiger partial charge is 0.00578 e. The zero-order valence-corrected chi connectivity index (χ0v) is 10.9. The maximum Gasteiger partial charge on any atom is 0.00578 e. The summed E-state index contributed by atoms with van der Waals surface area (Å²) in [5.41, 5.74) is 0. The molecule has 0 aromatic carbocycles. The molecule has 0 saturated carbocycles. The second kappa shape index (κ2) is 7.02. The Kier molecular flexibility index (Phi) is 5.96. The van der Waals surface area contributed by atoms with Gasteiger partial charge in [0.25, 0.3) is 0 Å². The Labute approximate surface area is 97.9 Å². The van der Waals surface area contributed by atoms with E-state index >= 15 is 0 Å². The van der Waals surface area contributed by atoms with Crippen molar-refractivity contribution in [3.63, 3.8) is 0 Å². The van der Waals surface area contributed by atoms with E-state index in [0.29, 0.717) is 6.04 Å². The fraction of sp³-hybridized carbons (Fsp3) is 0.692. The van der Waals surface area contributed by atoms with Crippen molar-refractivity contribution >= 4 is 11.3 Å². The predicted molar refractivity (Wildman–Crippen MR) is 69.6 cm³/mol. The van der Waals surface area contributed by atoms with Gasteiger partial charge >= 0.3 is 0 Å². The maximum atomic E-state index is 3.59. The van der Waals surface area contributed by atoms with Crippen molar-refractivity contribution in [1.29, 1.82) is 0 Å². The van der Waals surface area contributed by atoms with Crippen LogP contribution in [0.4, 0.5) is 0 Å². The lowest BCUT2D eigenvalue weighted by Gasteiger charge is -2.17. The van der Waals surface area contributed by atoms with Crippen LogP contribution in [0.1, 0.15) is 38.5 Å². The number of nitrogens with one attached hydrogen (secondary N) is 1. The van der Waals surface area contributed by atoms with Gasteiger partial charge in [-0.05, 0) is 37.1 Å². The van der Waals surface area contributed by atoms with Gasteiger partial charge in [0.2, 0.25) is 0 Å². The Morgan fingerprint density at radius 2 is 2.20 bits per heavy atom. The minimum atomic E-state index is 0.653. The van der Waals surface area contributed by atoms with Crippen LogP contribution in [-0.4, -0.2) is 12.6 Å². The van der Waals surface area contributed by atoms with Gasteiger partial charge in [-0.1, -0.05) is 26.3 Å². The fourth-order valence-corrected chi connectivity index (χ4v) is 2.46. The Hall–Kier alpha value is -0.340. The van der Waals surface area contributed by atoms with Crippen molar-refractivity contribution in [2.45, 2.75) is 46.1 Å². The molecule has 2 unspecified atom stereocenters. The van der Waals surface area contributed by atoms with Crippen LogP contribution >= 0.6 is 11.3 Å². The number of thiophene rings is 1. The second-order valence-electron chi connectivity index (χ2n) is 4.43. The molecule has 86 valence electrons. The van der Waals surface area contributed by atoms with Gasteiger partial charge in [-0.3, -0.25) is 0 Å². The van der Waals surface area contributed by atoms with Crippen LogP contribution in [0.3, 0.4) is 0 Å². The highest BCUT2D eigenvalue weighted by Crippen LogP contribution is 2.10. The molecule has 0 aliphatic carbocycles. The Morgan fingerprint density at radius 3 is 2.80 bits per heavy atom. The van der Waals surface area contributed by atoms with Crippen LogP contribution in [0.15, 0.2) is 17.5 Å². The van der Waals surface area contributed by atoms with Crippen LogP contribution < -0.4 is 5.32 Å². The average Bonchev–Trinajstić information content (AvgIpc) is 2.70. The third kappa shape index (κ3) is 5.33. The van der Waals surface area contributed by atoms with Gasteiger partial charge in [-0.25, -0.2) is 0 Å². The second-order valence-corrected chi connectivity index (χ2v) is 5.47. The summed E-state index contributed by atoms with van der Waals surface area (Å²) < 4.78 is 0. The van der Waals surface area contributed by atoms with Gasteiger partial charge < -0.3 is 5.32 Å². The van der Waals surface area contributed by atoms with E-state index in [1.165, 1.54) is 24.1 Å². The summed E-state index contributed by atoms with van der Waals surface area (Å²) in [6.07, 6.45) is 3.75. The van der Waals surface area contributed by atoms with Gasteiger partial charge in [0.05, 0.1) is 0 Å². The van der Waals surface area contributed by atoms with E-state index in [2.05, 4.69) is 43.6 Å². The number of hydrogen-bond acceptors (Lipinski definition) is 2. The van der Waals surface area contributed by atoms with E-state index in [1.807, 2.05) is 11.3 Å². The summed E-state index contributed by atoms with van der Waals surface area (Å²) in [7, 11) is 0. The van der Waals surface area contributed by atoms with Crippen LogP contribution in [-0.2, 0) is 6.42 Å². The molecule has 0 aliphatic rings. The summed E-state index contributed by atoms with van der Waals surface area (Å²) in [6, 6.07) is 4.99. The quantitative estimate of drug-likeness (QED) is 0.746. The third-order valence-electron chi connectivity index (χ3n) is 2.90. The Morgan fingerprint density at radius 1 is 1.40 bits per heavy atom. The lowest BCUT2D eigenvalue weighted by Crippen LogP contribution is -2.29. The van der Waals surface area contributed by atoms with E-state index in [4.69, 9.17) is 0 Å². The van der Waals surface area contributed by atoms with Crippen LogP contribution in [0.5, 0.6) is 0 Å². The maximum absolute atomic E-state index is 3.59. The first kappa shape index (κ1) is 12.7. The van der Waals surface area contributed by atoms with Crippen molar-refractivity contribution in [3.8, 4) is 0 Å². The summed E-state index contributed by atoms with van der Waals surface area (Å²) in [5.74, 6) is 0.842. The van der Waals surface area contributed by atoms with Gasteiger partial charge in [0, 0.05) is 17.5 Å². The minimum absolute atomic E-state index is 0.653. The Bertz CT molecular complexity index is 243. The molecule has 0 saturated heterocycles. The molecule has 0 spiro atoms. The molecule has 2 atom stereocenters. The van der Waals surface area contributed by atoms with E-state index in [9.17, 15) is 0 Å². The lowest BCUT2D eigenvalue weighted by atomic mass is 10.0. The van der Waals surface area contributed by atoms with E-state index in [1.54, 1.807) is 0 Å². The van der Waals surface area contributed by atoms with Gasteiger partial charge in [-0.2, -0.15) is 0 Å². The first-order valence-electron chi connectivity index (χ1n) is 5.98. The van der Waals surface area contributed by atoms with Crippen molar-refractivity contribution in [2.24, 2.45) is 5.92 Å². The third-order valence-corrected chi connectivity index (χ3v) is 3.83. The van der Waals surface area contributed by atoms with Crippen molar-refractivity contribution in [3.05, 3.63) is 22.4 Å². The lowest BCUT2D eigenvalue weighted by molar-refractivity contribution is 0.415. The van der Waals surface area contributed by atoms with Gasteiger partial charge in [0.15, 0.2) is 0 Å². The minimum Gasteiger partial charge on any atom is -0.314 e. The molecular formula is C13H23NS. The van der Waals surface area contributed by atoms with E-state index in [-0.39, 0.29) is 0 Å². The summed E-state index contributed by atoms with van der Waals surface area (Å²) in [5, 5.41) is 5.74. The van der Waals surface area contributed by atoms with Crippen LogP contribution in [0.25, 0.3) is 0 Å². The molecule has 1 aromatic rings. The Balaban J connectivity index is 2.09. The molecule has 1 N–H and O–H groups in total. The molecule has 1 heterocycles. The standard InChI is InChI=1S/C13H23NS/c1-4-11(2)10-12(3)14-8-7-13-6-5-9-15-13/h5-6,9,11-12,14H,4,7-8,10H2,1-3H3. The van der Waals surface area contributed by atoms with Crippen LogP contribution in [0.2, 0.25) is 0 Å². The summed E-state index contributed by atoms with van der Waals surface area (Å²) in [4.78, 5) is 1.48. The highest BCUT2D eigenvalue weighted by Gasteiger charge is 2.06. The largest absolute Gasteiger partial charge is 0.314 e. The van der Waals surface area contributed by atoms with Crippen LogP contribution in [0, 0.1) is 5.92 Å². The topological polar surface area (TPSA) is 12.0 Å². The van der Waals surface area contributed by atoms with Gasteiger partial charge in [-0.15, -0.1) is 11.3 Å². The SMILES string of the molecule is CCC(C)CC(C)NCCc1cccs1. The summed E-state index contributed by atoms with van der Waals surface area (Å²) in [6.45, 7) is 8.00. The normalized spacial score (nSPS) is 15.1. The molecule has 0 amide bonds. The molecule has 2 heteroatoms. The number of rotatable bonds is 7. The summed E-state index contributed by atoms with van der Waals surface area (Å²) >= 11 is 1.85. The molecule has 1 rings (SSSR count). The molecule has 1 nitrogen and oxygen atoms in total. The fourth-order valence-electron chi connectivity index (χ4n) is 1.75. The zero-order valence-electron chi connectivity index (χ0n) is 10.1. The van der Waals surface area contributed by atoms with Gasteiger partial charge in [0.1, 0.15) is 0 Å². The van der Waals surface area contributed by atoms with Crippen molar-refractivity contribution < 1.29 is 0 Å². The molecule has 0 aliphatic heterocycles. The highest BCUT2D eigenvalue weighted by atomic mass is 32.1. The zero-order chi connectivity index (χ0) is 11.1. The molecule has 15 heavy (non-hydrogen) atoms. The molecule has 0 fully saturated rings. The molecule has 0 bridgehead atoms. The van der Waals surface area contributed by atoms with Crippen molar-refractivity contribution in [2.75, 3.05) is 6.54 Å². The average molecular weight is 225 g/mol. The molecule has 0 radical (unpaired) electrons. The monoisotopic (exact) mass is 225 g/mol. The highest BCUT2D eigenvalue weighted by molar-refractivity contribution is 7.09. The number of hydrogen-bond donors (Lipinski definition) is 1. The van der Waals surface area contributed by atoms with Crippen molar-refractivity contribution in [1.82, 2.24) is 5.32 Å². The predicted octanol–water partition coefficient (Wildman–Crippen LogP) is 3.70. The first-order chi connectivity index (χ1) is 7.22. The molecular weight excluding hydrogens is 202 g/mol.